The second-order valence-electron chi connectivity index (χ2n) is 4.14. The number of anilines is 1. The highest BCUT2D eigenvalue weighted by molar-refractivity contribution is 6.32. The molecule has 0 saturated heterocycles. The third kappa shape index (κ3) is 3.68. The lowest BCUT2D eigenvalue weighted by Crippen LogP contribution is -2.39. The van der Waals surface area contributed by atoms with Crippen molar-refractivity contribution in [2.75, 3.05) is 18.0 Å². The lowest BCUT2D eigenvalue weighted by Gasteiger charge is -2.29. The molecule has 0 radical (unpaired) electrons. The lowest BCUT2D eigenvalue weighted by molar-refractivity contribution is 0.0874. The van der Waals surface area contributed by atoms with Crippen molar-refractivity contribution >= 4 is 17.4 Å². The van der Waals surface area contributed by atoms with Gasteiger partial charge in [0.25, 0.3) is 0 Å². The first kappa shape index (κ1) is 12.3. The minimum atomic E-state index is -0.753. The van der Waals surface area contributed by atoms with E-state index in [0.29, 0.717) is 11.6 Å². The molecule has 1 N–H and O–H groups in total. The first-order chi connectivity index (χ1) is 6.94. The van der Waals surface area contributed by atoms with E-state index in [9.17, 15) is 5.11 Å². The van der Waals surface area contributed by atoms with E-state index >= 15 is 0 Å². The van der Waals surface area contributed by atoms with Gasteiger partial charge in [0.2, 0.25) is 0 Å². The van der Waals surface area contributed by atoms with E-state index in [1.807, 2.05) is 11.8 Å². The third-order valence-corrected chi connectivity index (χ3v) is 2.29. The summed E-state index contributed by atoms with van der Waals surface area (Å²) in [7, 11) is 0. The van der Waals surface area contributed by atoms with Gasteiger partial charge in [-0.15, -0.1) is 0 Å². The molecule has 1 rings (SSSR count). The Labute approximate surface area is 95.7 Å². The zero-order chi connectivity index (χ0) is 11.5. The van der Waals surface area contributed by atoms with Gasteiger partial charge in [0.15, 0.2) is 0 Å². The SMILES string of the molecule is CCN(CC(C)(C)O)c1ncccc1Cl. The highest BCUT2D eigenvalue weighted by Crippen LogP contribution is 2.23. The second-order valence-corrected chi connectivity index (χ2v) is 4.54. The summed E-state index contributed by atoms with van der Waals surface area (Å²) in [5.74, 6) is 0.726. The van der Waals surface area contributed by atoms with Crippen molar-refractivity contribution in [1.29, 1.82) is 0 Å². The van der Waals surface area contributed by atoms with Crippen molar-refractivity contribution in [2.45, 2.75) is 26.4 Å². The van der Waals surface area contributed by atoms with Crippen molar-refractivity contribution in [3.05, 3.63) is 23.4 Å². The molecule has 0 aliphatic carbocycles. The van der Waals surface area contributed by atoms with Crippen molar-refractivity contribution < 1.29 is 5.11 Å². The van der Waals surface area contributed by atoms with Crippen LogP contribution in [0.25, 0.3) is 0 Å². The van der Waals surface area contributed by atoms with E-state index < -0.39 is 5.60 Å². The van der Waals surface area contributed by atoms with Crippen LogP contribution in [0.3, 0.4) is 0 Å². The molecule has 0 spiro atoms. The maximum atomic E-state index is 9.76. The lowest BCUT2D eigenvalue weighted by atomic mass is 10.1. The minimum absolute atomic E-state index is 0.514. The Morgan fingerprint density at radius 1 is 1.53 bits per heavy atom. The fourth-order valence-corrected chi connectivity index (χ4v) is 1.65. The number of aromatic nitrogens is 1. The van der Waals surface area contributed by atoms with Crippen LogP contribution in [0, 0.1) is 0 Å². The van der Waals surface area contributed by atoms with Crippen LogP contribution in [0.1, 0.15) is 20.8 Å². The van der Waals surface area contributed by atoms with Gasteiger partial charge in [-0.25, -0.2) is 4.98 Å². The van der Waals surface area contributed by atoms with E-state index in [0.717, 1.165) is 12.4 Å². The topological polar surface area (TPSA) is 36.4 Å². The summed E-state index contributed by atoms with van der Waals surface area (Å²) in [5, 5.41) is 10.4. The highest BCUT2D eigenvalue weighted by Gasteiger charge is 2.19. The summed E-state index contributed by atoms with van der Waals surface area (Å²) >= 11 is 6.04. The Kier molecular flexibility index (Phi) is 3.94. The maximum Gasteiger partial charge on any atom is 0.147 e. The van der Waals surface area contributed by atoms with Gasteiger partial charge in [-0.3, -0.25) is 0 Å². The summed E-state index contributed by atoms with van der Waals surface area (Å²) in [4.78, 5) is 6.18. The average Bonchev–Trinajstić information content (AvgIpc) is 2.14. The van der Waals surface area contributed by atoms with Crippen LogP contribution < -0.4 is 4.90 Å². The van der Waals surface area contributed by atoms with Gasteiger partial charge in [-0.1, -0.05) is 11.6 Å². The molecule has 1 aromatic rings. The van der Waals surface area contributed by atoms with E-state index in [2.05, 4.69) is 4.98 Å². The van der Waals surface area contributed by atoms with Crippen LogP contribution in [0.5, 0.6) is 0 Å². The number of hydrogen-bond donors (Lipinski definition) is 1. The van der Waals surface area contributed by atoms with Crippen molar-refractivity contribution in [3.8, 4) is 0 Å². The Balaban J connectivity index is 2.88. The number of rotatable bonds is 4. The predicted octanol–water partition coefficient (Wildman–Crippen LogP) is 2.33. The summed E-state index contributed by atoms with van der Waals surface area (Å²) in [6.07, 6.45) is 1.70. The largest absolute Gasteiger partial charge is 0.389 e. The van der Waals surface area contributed by atoms with Gasteiger partial charge in [-0.05, 0) is 32.9 Å². The molecule has 0 bridgehead atoms. The maximum absolute atomic E-state index is 9.76. The van der Waals surface area contributed by atoms with Crippen LogP contribution in [0.2, 0.25) is 5.02 Å². The summed E-state index contributed by atoms with van der Waals surface area (Å²) in [6, 6.07) is 3.60. The van der Waals surface area contributed by atoms with Crippen LogP contribution >= 0.6 is 11.6 Å². The van der Waals surface area contributed by atoms with Gasteiger partial charge in [0.1, 0.15) is 5.82 Å². The molecule has 0 saturated carbocycles. The number of likely N-dealkylation sites (N-methyl/N-ethyl adjacent to an activating group) is 1. The van der Waals surface area contributed by atoms with Crippen molar-refractivity contribution in [2.24, 2.45) is 0 Å². The quantitative estimate of drug-likeness (QED) is 0.860. The van der Waals surface area contributed by atoms with E-state index in [4.69, 9.17) is 11.6 Å². The molecule has 15 heavy (non-hydrogen) atoms. The third-order valence-electron chi connectivity index (χ3n) is 2.00. The van der Waals surface area contributed by atoms with Crippen molar-refractivity contribution in [1.82, 2.24) is 4.98 Å². The van der Waals surface area contributed by atoms with Crippen LogP contribution in [-0.2, 0) is 0 Å². The molecular weight excluding hydrogens is 212 g/mol. The molecule has 0 amide bonds. The van der Waals surface area contributed by atoms with E-state index in [-0.39, 0.29) is 0 Å². The summed E-state index contributed by atoms with van der Waals surface area (Å²) < 4.78 is 0. The molecule has 0 unspecified atom stereocenters. The Bertz CT molecular complexity index is 323. The van der Waals surface area contributed by atoms with Gasteiger partial charge >= 0.3 is 0 Å². The number of halogens is 1. The molecule has 84 valence electrons. The van der Waals surface area contributed by atoms with Gasteiger partial charge in [0.05, 0.1) is 10.6 Å². The average molecular weight is 229 g/mol. The summed E-state index contributed by atoms with van der Waals surface area (Å²) in [5.41, 5.74) is -0.753. The van der Waals surface area contributed by atoms with E-state index in [1.54, 1.807) is 32.2 Å². The number of pyridine rings is 1. The molecule has 3 nitrogen and oxygen atoms in total. The van der Waals surface area contributed by atoms with Gasteiger partial charge in [0, 0.05) is 19.3 Å². The highest BCUT2D eigenvalue weighted by atomic mass is 35.5. The molecule has 0 aliphatic rings. The predicted molar refractivity (Wildman–Crippen MR) is 63.4 cm³/mol. The molecule has 0 aliphatic heterocycles. The molecule has 0 fully saturated rings. The smallest absolute Gasteiger partial charge is 0.147 e. The Hall–Kier alpha value is -0.800. The van der Waals surface area contributed by atoms with Gasteiger partial charge < -0.3 is 10.0 Å². The van der Waals surface area contributed by atoms with E-state index in [1.165, 1.54) is 0 Å². The first-order valence-electron chi connectivity index (χ1n) is 5.02. The molecule has 4 heteroatoms. The fourth-order valence-electron chi connectivity index (χ4n) is 1.41. The van der Waals surface area contributed by atoms with Gasteiger partial charge in [-0.2, -0.15) is 0 Å². The fraction of sp³-hybridized carbons (Fsp3) is 0.545. The Morgan fingerprint density at radius 2 is 2.20 bits per heavy atom. The zero-order valence-electron chi connectivity index (χ0n) is 9.37. The molecule has 1 heterocycles. The molecular formula is C11H17ClN2O. The Morgan fingerprint density at radius 3 is 2.67 bits per heavy atom. The van der Waals surface area contributed by atoms with Crippen LogP contribution in [-0.4, -0.2) is 28.8 Å². The van der Waals surface area contributed by atoms with Crippen LogP contribution in [0.15, 0.2) is 18.3 Å². The molecule has 1 aromatic heterocycles. The number of aliphatic hydroxyl groups is 1. The van der Waals surface area contributed by atoms with Crippen molar-refractivity contribution in [3.63, 3.8) is 0 Å². The number of nitrogens with zero attached hydrogens (tertiary/aromatic N) is 2. The first-order valence-corrected chi connectivity index (χ1v) is 5.39. The molecule has 0 atom stereocenters. The zero-order valence-corrected chi connectivity index (χ0v) is 10.1. The van der Waals surface area contributed by atoms with Crippen LogP contribution in [0.4, 0.5) is 5.82 Å². The normalized spacial score (nSPS) is 11.5. The monoisotopic (exact) mass is 228 g/mol. The summed E-state index contributed by atoms with van der Waals surface area (Å²) in [6.45, 7) is 6.83. The molecule has 0 aromatic carbocycles. The standard InChI is InChI=1S/C11H17ClN2O/c1-4-14(8-11(2,3)15)10-9(12)6-5-7-13-10/h5-7,15H,4,8H2,1-3H3. The second kappa shape index (κ2) is 4.81. The number of hydrogen-bond acceptors (Lipinski definition) is 3. The minimum Gasteiger partial charge on any atom is -0.389 e.